The van der Waals surface area contributed by atoms with E-state index in [1.807, 2.05) is 4.68 Å². The lowest BCUT2D eigenvalue weighted by atomic mass is 10.1. The van der Waals surface area contributed by atoms with Crippen molar-refractivity contribution in [2.24, 2.45) is 4.99 Å². The third-order valence-corrected chi connectivity index (χ3v) is 3.95. The maximum absolute atomic E-state index is 4.80. The monoisotopic (exact) mass is 440 g/mol. The first-order chi connectivity index (χ1) is 11.3. The van der Waals surface area contributed by atoms with Gasteiger partial charge in [0.25, 0.3) is 0 Å². The molecule has 1 saturated heterocycles. The van der Waals surface area contributed by atoms with Crippen molar-refractivity contribution in [1.82, 2.24) is 25.0 Å². The summed E-state index contributed by atoms with van der Waals surface area (Å²) in [6.45, 7) is 6.68. The van der Waals surface area contributed by atoms with Crippen LogP contribution in [0, 0.1) is 0 Å². The molecule has 130 valence electrons. The normalized spacial score (nSPS) is 14.5. The van der Waals surface area contributed by atoms with Gasteiger partial charge in [0, 0.05) is 19.6 Å². The minimum atomic E-state index is 0. The van der Waals surface area contributed by atoms with Gasteiger partial charge >= 0.3 is 0 Å². The molecule has 0 saturated carbocycles. The summed E-state index contributed by atoms with van der Waals surface area (Å²) in [5, 5.41) is 7.55. The van der Waals surface area contributed by atoms with E-state index in [4.69, 9.17) is 4.99 Å². The number of aromatic nitrogens is 3. The fourth-order valence-electron chi connectivity index (χ4n) is 2.85. The fourth-order valence-corrected chi connectivity index (χ4v) is 2.85. The van der Waals surface area contributed by atoms with E-state index in [1.54, 1.807) is 12.7 Å². The molecule has 7 heteroatoms. The molecule has 0 radical (unpaired) electrons. The molecule has 0 amide bonds. The Labute approximate surface area is 160 Å². The molecule has 1 fully saturated rings. The molecular weight excluding hydrogens is 415 g/mol. The molecule has 0 atom stereocenters. The van der Waals surface area contributed by atoms with Gasteiger partial charge < -0.3 is 10.2 Å². The Morgan fingerprint density at radius 1 is 1.25 bits per heavy atom. The van der Waals surface area contributed by atoms with Crippen LogP contribution in [-0.4, -0.2) is 45.3 Å². The molecule has 1 aliphatic rings. The average molecular weight is 440 g/mol. The molecule has 1 N–H and O–H groups in total. The van der Waals surface area contributed by atoms with Gasteiger partial charge in [-0.3, -0.25) is 0 Å². The number of hydrogen-bond acceptors (Lipinski definition) is 3. The number of halogens is 1. The predicted octanol–water partition coefficient (Wildman–Crippen LogP) is 2.51. The average Bonchev–Trinajstić information content (AvgIpc) is 3.25. The Bertz CT molecular complexity index is 634. The van der Waals surface area contributed by atoms with Gasteiger partial charge in [0.1, 0.15) is 12.7 Å². The van der Waals surface area contributed by atoms with E-state index in [0.717, 1.165) is 32.1 Å². The Morgan fingerprint density at radius 2 is 2.04 bits per heavy atom. The van der Waals surface area contributed by atoms with Crippen LogP contribution >= 0.6 is 24.0 Å². The maximum Gasteiger partial charge on any atom is 0.194 e. The van der Waals surface area contributed by atoms with Gasteiger partial charge in [-0.1, -0.05) is 24.3 Å². The van der Waals surface area contributed by atoms with Crippen LogP contribution in [0.1, 0.15) is 30.9 Å². The third kappa shape index (κ3) is 5.19. The molecular formula is C17H25IN6. The molecule has 2 heterocycles. The van der Waals surface area contributed by atoms with Crippen LogP contribution in [0.4, 0.5) is 0 Å². The second-order valence-corrected chi connectivity index (χ2v) is 5.78. The van der Waals surface area contributed by atoms with Crippen LogP contribution in [0.3, 0.4) is 0 Å². The van der Waals surface area contributed by atoms with Crippen molar-refractivity contribution in [3.63, 3.8) is 0 Å². The first-order valence-electron chi connectivity index (χ1n) is 8.28. The molecule has 1 aromatic heterocycles. The topological polar surface area (TPSA) is 58.3 Å². The highest BCUT2D eigenvalue weighted by atomic mass is 127. The maximum atomic E-state index is 4.80. The molecule has 2 aromatic rings. The van der Waals surface area contributed by atoms with Gasteiger partial charge in [-0.15, -0.1) is 24.0 Å². The number of rotatable bonds is 5. The van der Waals surface area contributed by atoms with Gasteiger partial charge in [0.15, 0.2) is 5.96 Å². The van der Waals surface area contributed by atoms with Gasteiger partial charge in [-0.05, 0) is 30.9 Å². The van der Waals surface area contributed by atoms with Crippen LogP contribution in [0.5, 0.6) is 0 Å². The number of guanidine groups is 1. The highest BCUT2D eigenvalue weighted by molar-refractivity contribution is 14.0. The van der Waals surface area contributed by atoms with Crippen molar-refractivity contribution in [1.29, 1.82) is 0 Å². The van der Waals surface area contributed by atoms with E-state index in [1.165, 1.54) is 24.0 Å². The second-order valence-electron chi connectivity index (χ2n) is 5.78. The Balaban J connectivity index is 0.00000208. The summed E-state index contributed by atoms with van der Waals surface area (Å²) in [5.74, 6) is 1.03. The van der Waals surface area contributed by atoms with Gasteiger partial charge in [0.2, 0.25) is 0 Å². The number of nitrogens with zero attached hydrogens (tertiary/aromatic N) is 5. The minimum absolute atomic E-state index is 0. The lowest BCUT2D eigenvalue weighted by molar-refractivity contribution is 0.493. The van der Waals surface area contributed by atoms with Gasteiger partial charge in [0.05, 0.1) is 13.1 Å². The van der Waals surface area contributed by atoms with Gasteiger partial charge in [-0.25, -0.2) is 14.7 Å². The van der Waals surface area contributed by atoms with E-state index < -0.39 is 0 Å². The quantitative estimate of drug-likeness (QED) is 0.441. The molecule has 0 bridgehead atoms. The Hall–Kier alpha value is -1.64. The third-order valence-electron chi connectivity index (χ3n) is 3.95. The molecule has 0 spiro atoms. The summed E-state index contributed by atoms with van der Waals surface area (Å²) in [6.07, 6.45) is 5.82. The highest BCUT2D eigenvalue weighted by Gasteiger charge is 2.15. The zero-order valence-electron chi connectivity index (χ0n) is 14.1. The molecule has 24 heavy (non-hydrogen) atoms. The lowest BCUT2D eigenvalue weighted by Crippen LogP contribution is -2.39. The predicted molar refractivity (Wildman–Crippen MR) is 107 cm³/mol. The van der Waals surface area contributed by atoms with Crippen LogP contribution in [0.25, 0.3) is 0 Å². The van der Waals surface area contributed by atoms with E-state index in [2.05, 4.69) is 51.5 Å². The molecule has 1 aliphatic heterocycles. The van der Waals surface area contributed by atoms with Crippen molar-refractivity contribution >= 4 is 29.9 Å². The van der Waals surface area contributed by atoms with Crippen LogP contribution in [0.2, 0.25) is 0 Å². The number of nitrogens with one attached hydrogen (secondary N) is 1. The zero-order chi connectivity index (χ0) is 15.9. The van der Waals surface area contributed by atoms with E-state index in [0.29, 0.717) is 6.54 Å². The first kappa shape index (κ1) is 18.7. The summed E-state index contributed by atoms with van der Waals surface area (Å²) in [7, 11) is 0. The van der Waals surface area contributed by atoms with E-state index in [9.17, 15) is 0 Å². The standard InChI is InChI=1S/C17H24N6.HI/c1-2-19-17(22-8-3-4-9-22)20-11-15-6-5-7-16(10-15)12-23-14-18-13-21-23;/h5-7,10,13-14H,2-4,8-9,11-12H2,1H3,(H,19,20);1H. The molecule has 3 rings (SSSR count). The van der Waals surface area contributed by atoms with Gasteiger partial charge in [-0.2, -0.15) is 5.10 Å². The van der Waals surface area contributed by atoms with E-state index in [-0.39, 0.29) is 24.0 Å². The largest absolute Gasteiger partial charge is 0.357 e. The van der Waals surface area contributed by atoms with Crippen molar-refractivity contribution in [2.75, 3.05) is 19.6 Å². The number of benzene rings is 1. The Kier molecular flexibility index (Phi) is 7.48. The second kappa shape index (κ2) is 9.61. The summed E-state index contributed by atoms with van der Waals surface area (Å²) in [5.41, 5.74) is 2.44. The molecule has 0 unspecified atom stereocenters. The number of hydrogen-bond donors (Lipinski definition) is 1. The SMILES string of the molecule is CCNC(=NCc1cccc(Cn2cncn2)c1)N1CCCC1.I. The first-order valence-corrected chi connectivity index (χ1v) is 8.28. The summed E-state index contributed by atoms with van der Waals surface area (Å²) in [4.78, 5) is 11.1. The van der Waals surface area contributed by atoms with Crippen LogP contribution in [0.15, 0.2) is 41.9 Å². The minimum Gasteiger partial charge on any atom is -0.357 e. The smallest absolute Gasteiger partial charge is 0.194 e. The van der Waals surface area contributed by atoms with Crippen molar-refractivity contribution in [3.05, 3.63) is 48.0 Å². The summed E-state index contributed by atoms with van der Waals surface area (Å²) < 4.78 is 1.83. The van der Waals surface area contributed by atoms with Crippen molar-refractivity contribution in [2.45, 2.75) is 32.9 Å². The van der Waals surface area contributed by atoms with Crippen LogP contribution in [-0.2, 0) is 13.1 Å². The van der Waals surface area contributed by atoms with Crippen LogP contribution < -0.4 is 5.32 Å². The Morgan fingerprint density at radius 3 is 2.75 bits per heavy atom. The molecule has 6 nitrogen and oxygen atoms in total. The van der Waals surface area contributed by atoms with Crippen molar-refractivity contribution in [3.8, 4) is 0 Å². The lowest BCUT2D eigenvalue weighted by Gasteiger charge is -2.20. The van der Waals surface area contributed by atoms with Crippen molar-refractivity contribution < 1.29 is 0 Å². The highest BCUT2D eigenvalue weighted by Crippen LogP contribution is 2.11. The molecule has 0 aliphatic carbocycles. The zero-order valence-corrected chi connectivity index (χ0v) is 16.4. The number of aliphatic imine (C=N–C) groups is 1. The summed E-state index contributed by atoms with van der Waals surface area (Å²) in [6, 6.07) is 8.51. The van der Waals surface area contributed by atoms with E-state index >= 15 is 0 Å². The molecule has 1 aromatic carbocycles. The number of likely N-dealkylation sites (tertiary alicyclic amines) is 1. The summed E-state index contributed by atoms with van der Waals surface area (Å²) >= 11 is 0. The fraction of sp³-hybridized carbons (Fsp3) is 0.471.